The summed E-state index contributed by atoms with van der Waals surface area (Å²) in [6.07, 6.45) is 5.59. The maximum Gasteiger partial charge on any atom is 0.244 e. The molecule has 1 aromatic carbocycles. The first-order valence-corrected chi connectivity index (χ1v) is 8.00. The molecule has 1 aromatic rings. The highest BCUT2D eigenvalue weighted by atomic mass is 16.5. The lowest BCUT2D eigenvalue weighted by molar-refractivity contribution is -0.116. The molecule has 2 rings (SSSR count). The van der Waals surface area contributed by atoms with Gasteiger partial charge in [0.2, 0.25) is 5.91 Å². The molecule has 1 aliphatic rings. The van der Waals surface area contributed by atoms with Crippen LogP contribution < -0.4 is 14.8 Å². The van der Waals surface area contributed by atoms with E-state index in [4.69, 9.17) is 14.2 Å². The van der Waals surface area contributed by atoms with Crippen LogP contribution in [0.15, 0.2) is 24.3 Å². The van der Waals surface area contributed by atoms with Gasteiger partial charge in [-0.1, -0.05) is 6.07 Å². The summed E-state index contributed by atoms with van der Waals surface area (Å²) in [6, 6.07) is 5.59. The predicted octanol–water partition coefficient (Wildman–Crippen LogP) is 2.79. The average molecular weight is 319 g/mol. The number of amides is 1. The van der Waals surface area contributed by atoms with Crippen LogP contribution in [0.5, 0.6) is 11.5 Å². The Morgan fingerprint density at radius 2 is 2.26 bits per heavy atom. The highest BCUT2D eigenvalue weighted by Gasteiger charge is 2.15. The molecule has 1 fully saturated rings. The smallest absolute Gasteiger partial charge is 0.244 e. The van der Waals surface area contributed by atoms with Gasteiger partial charge in [-0.15, -0.1) is 0 Å². The molecule has 5 nitrogen and oxygen atoms in total. The quantitative estimate of drug-likeness (QED) is 0.785. The van der Waals surface area contributed by atoms with Crippen LogP contribution in [0.3, 0.4) is 0 Å². The minimum Gasteiger partial charge on any atom is -0.493 e. The van der Waals surface area contributed by atoms with Gasteiger partial charge in [-0.3, -0.25) is 4.79 Å². The predicted molar refractivity (Wildman–Crippen MR) is 89.8 cm³/mol. The van der Waals surface area contributed by atoms with Crippen molar-refractivity contribution < 1.29 is 19.0 Å². The third kappa shape index (κ3) is 5.60. The molecule has 0 saturated carbocycles. The fourth-order valence-electron chi connectivity index (χ4n) is 2.39. The summed E-state index contributed by atoms with van der Waals surface area (Å²) in [4.78, 5) is 11.8. The van der Waals surface area contributed by atoms with Gasteiger partial charge in [0.25, 0.3) is 0 Å². The average Bonchev–Trinajstić information content (AvgIpc) is 3.04. The highest BCUT2D eigenvalue weighted by Crippen LogP contribution is 2.29. The lowest BCUT2D eigenvalue weighted by atomic mass is 10.2. The molecule has 23 heavy (non-hydrogen) atoms. The van der Waals surface area contributed by atoms with Gasteiger partial charge in [-0.25, -0.2) is 0 Å². The first kappa shape index (κ1) is 17.3. The molecule has 1 atom stereocenters. The molecular formula is C18H25NO4. The zero-order valence-electron chi connectivity index (χ0n) is 14.0. The largest absolute Gasteiger partial charge is 0.493 e. The van der Waals surface area contributed by atoms with Gasteiger partial charge in [0.15, 0.2) is 11.5 Å². The molecule has 1 aliphatic heterocycles. The zero-order valence-corrected chi connectivity index (χ0v) is 14.0. The van der Waals surface area contributed by atoms with Crippen molar-refractivity contribution in [2.45, 2.75) is 38.9 Å². The Morgan fingerprint density at radius 1 is 1.43 bits per heavy atom. The molecule has 0 aliphatic carbocycles. The molecular weight excluding hydrogens is 294 g/mol. The van der Waals surface area contributed by atoms with Crippen molar-refractivity contribution in [3.63, 3.8) is 0 Å². The number of carbonyl (C=O) groups excluding carboxylic acids is 1. The molecule has 0 spiro atoms. The van der Waals surface area contributed by atoms with E-state index in [9.17, 15) is 4.79 Å². The van der Waals surface area contributed by atoms with Gasteiger partial charge in [0.05, 0.1) is 19.3 Å². The standard InChI is InChI=1S/C18H25NO4/c1-13(2)23-16-8-6-14(11-17(16)21-3)7-9-18(20)19-12-15-5-4-10-22-15/h6-9,11,13,15H,4-5,10,12H2,1-3H3,(H,19,20). The summed E-state index contributed by atoms with van der Waals surface area (Å²) >= 11 is 0. The number of nitrogens with one attached hydrogen (secondary N) is 1. The van der Waals surface area contributed by atoms with Gasteiger partial charge in [0.1, 0.15) is 0 Å². The van der Waals surface area contributed by atoms with E-state index < -0.39 is 0 Å². The zero-order chi connectivity index (χ0) is 16.7. The van der Waals surface area contributed by atoms with Crippen molar-refractivity contribution >= 4 is 12.0 Å². The van der Waals surface area contributed by atoms with Crippen LogP contribution in [-0.2, 0) is 9.53 Å². The topological polar surface area (TPSA) is 56.8 Å². The third-order valence-corrected chi connectivity index (χ3v) is 3.51. The Balaban J connectivity index is 1.91. The van der Waals surface area contributed by atoms with Crippen LogP contribution in [-0.4, -0.2) is 38.4 Å². The lowest BCUT2D eigenvalue weighted by Crippen LogP contribution is -2.30. The van der Waals surface area contributed by atoms with Crippen LogP contribution in [0, 0.1) is 0 Å². The fourth-order valence-corrected chi connectivity index (χ4v) is 2.39. The SMILES string of the molecule is COc1cc(C=CC(=O)NCC2CCCO2)ccc1OC(C)C. The maximum atomic E-state index is 11.8. The monoisotopic (exact) mass is 319 g/mol. The molecule has 1 unspecified atom stereocenters. The van der Waals surface area contributed by atoms with E-state index in [1.54, 1.807) is 13.2 Å². The molecule has 1 amide bonds. The van der Waals surface area contributed by atoms with E-state index in [0.717, 1.165) is 25.0 Å². The van der Waals surface area contributed by atoms with E-state index >= 15 is 0 Å². The van der Waals surface area contributed by atoms with Gasteiger partial charge in [0, 0.05) is 19.2 Å². The van der Waals surface area contributed by atoms with E-state index in [2.05, 4.69) is 5.32 Å². The minimum atomic E-state index is -0.123. The second kappa shape index (κ2) is 8.58. The number of hydrogen-bond donors (Lipinski definition) is 1. The van der Waals surface area contributed by atoms with Gasteiger partial charge >= 0.3 is 0 Å². The molecule has 5 heteroatoms. The number of benzene rings is 1. The summed E-state index contributed by atoms with van der Waals surface area (Å²) in [7, 11) is 1.60. The Hall–Kier alpha value is -2.01. The molecule has 1 N–H and O–H groups in total. The molecule has 0 aromatic heterocycles. The molecule has 1 saturated heterocycles. The summed E-state index contributed by atoms with van der Waals surface area (Å²) in [6.45, 7) is 5.28. The van der Waals surface area contributed by atoms with Crippen molar-refractivity contribution in [2.24, 2.45) is 0 Å². The Morgan fingerprint density at radius 3 is 2.91 bits per heavy atom. The summed E-state index contributed by atoms with van der Waals surface area (Å²) < 4.78 is 16.5. The van der Waals surface area contributed by atoms with Crippen molar-refractivity contribution in [3.05, 3.63) is 29.8 Å². The van der Waals surface area contributed by atoms with E-state index in [0.29, 0.717) is 18.0 Å². The normalized spacial score (nSPS) is 17.7. The van der Waals surface area contributed by atoms with E-state index in [1.807, 2.05) is 32.0 Å². The Bertz CT molecular complexity index is 548. The second-order valence-electron chi connectivity index (χ2n) is 5.79. The van der Waals surface area contributed by atoms with Crippen LogP contribution >= 0.6 is 0 Å². The highest BCUT2D eigenvalue weighted by molar-refractivity contribution is 5.91. The van der Waals surface area contributed by atoms with Crippen molar-refractivity contribution in [2.75, 3.05) is 20.3 Å². The number of methoxy groups -OCH3 is 1. The lowest BCUT2D eigenvalue weighted by Gasteiger charge is -2.13. The molecule has 126 valence electrons. The summed E-state index contributed by atoms with van der Waals surface area (Å²) in [5, 5.41) is 2.85. The van der Waals surface area contributed by atoms with Gasteiger partial charge in [-0.2, -0.15) is 0 Å². The van der Waals surface area contributed by atoms with Gasteiger partial charge < -0.3 is 19.5 Å². The fraction of sp³-hybridized carbons (Fsp3) is 0.500. The van der Waals surface area contributed by atoms with Crippen LogP contribution in [0.25, 0.3) is 6.08 Å². The first-order chi connectivity index (χ1) is 11.1. The summed E-state index contributed by atoms with van der Waals surface area (Å²) in [5.74, 6) is 1.23. The van der Waals surface area contributed by atoms with Crippen LogP contribution in [0.4, 0.5) is 0 Å². The van der Waals surface area contributed by atoms with E-state index in [-0.39, 0.29) is 18.1 Å². The van der Waals surface area contributed by atoms with E-state index in [1.165, 1.54) is 6.08 Å². The first-order valence-electron chi connectivity index (χ1n) is 8.00. The maximum absolute atomic E-state index is 11.8. The molecule has 1 heterocycles. The van der Waals surface area contributed by atoms with Crippen molar-refractivity contribution in [3.8, 4) is 11.5 Å². The van der Waals surface area contributed by atoms with Crippen LogP contribution in [0.2, 0.25) is 0 Å². The van der Waals surface area contributed by atoms with Crippen molar-refractivity contribution in [1.82, 2.24) is 5.32 Å². The van der Waals surface area contributed by atoms with Gasteiger partial charge in [-0.05, 0) is 50.5 Å². The number of carbonyl (C=O) groups is 1. The Kier molecular flexibility index (Phi) is 6.47. The second-order valence-corrected chi connectivity index (χ2v) is 5.79. The van der Waals surface area contributed by atoms with Crippen LogP contribution in [0.1, 0.15) is 32.3 Å². The number of rotatable bonds is 7. The number of hydrogen-bond acceptors (Lipinski definition) is 4. The minimum absolute atomic E-state index is 0.0777. The molecule has 0 bridgehead atoms. The third-order valence-electron chi connectivity index (χ3n) is 3.51. The molecule has 0 radical (unpaired) electrons. The number of ether oxygens (including phenoxy) is 3. The van der Waals surface area contributed by atoms with Crippen molar-refractivity contribution in [1.29, 1.82) is 0 Å². The Labute approximate surface area is 137 Å². The summed E-state index contributed by atoms with van der Waals surface area (Å²) in [5.41, 5.74) is 0.880.